The lowest BCUT2D eigenvalue weighted by Crippen LogP contribution is -2.07. The Kier molecular flexibility index (Phi) is 4.86. The molecule has 0 spiro atoms. The van der Waals surface area contributed by atoms with Gasteiger partial charge in [0.15, 0.2) is 22.1 Å². The van der Waals surface area contributed by atoms with Gasteiger partial charge >= 0.3 is 0 Å². The maximum atomic E-state index is 6.28. The number of fused-ring (bicyclic) bond motifs is 1. The van der Waals surface area contributed by atoms with Crippen molar-refractivity contribution in [2.45, 2.75) is 29.4 Å². The van der Waals surface area contributed by atoms with Crippen LogP contribution in [0.15, 0.2) is 34.6 Å². The van der Waals surface area contributed by atoms with E-state index in [0.717, 1.165) is 4.90 Å². The van der Waals surface area contributed by atoms with Crippen LogP contribution in [0, 0.1) is 12.3 Å². The predicted molar refractivity (Wildman–Crippen MR) is 98.5 cm³/mol. The lowest BCUT2D eigenvalue weighted by atomic mass is 10.2. The molecule has 3 rings (SSSR count). The fourth-order valence-corrected chi connectivity index (χ4v) is 3.81. The fourth-order valence-electron chi connectivity index (χ4n) is 2.29. The van der Waals surface area contributed by atoms with Crippen molar-refractivity contribution in [3.8, 4) is 12.3 Å². The molecular formula is C16H13Cl2N5S. The lowest BCUT2D eigenvalue weighted by Gasteiger charge is -2.14. The number of terminal acetylenes is 1. The van der Waals surface area contributed by atoms with Crippen molar-refractivity contribution in [3.05, 3.63) is 34.6 Å². The van der Waals surface area contributed by atoms with E-state index < -0.39 is 0 Å². The lowest BCUT2D eigenvalue weighted by molar-refractivity contribution is 0.529. The zero-order valence-electron chi connectivity index (χ0n) is 12.7. The topological polar surface area (TPSA) is 69.6 Å². The van der Waals surface area contributed by atoms with Gasteiger partial charge in [0.05, 0.1) is 5.02 Å². The summed E-state index contributed by atoms with van der Waals surface area (Å²) in [5, 5.41) is 1.83. The predicted octanol–water partition coefficient (Wildman–Crippen LogP) is 4.45. The van der Waals surface area contributed by atoms with Gasteiger partial charge < -0.3 is 5.73 Å². The van der Waals surface area contributed by atoms with Crippen LogP contribution in [0.4, 0.5) is 5.82 Å². The van der Waals surface area contributed by atoms with Crippen molar-refractivity contribution in [1.29, 1.82) is 0 Å². The molecule has 1 aromatic carbocycles. The van der Waals surface area contributed by atoms with Crippen LogP contribution in [-0.2, 0) is 0 Å². The molecule has 0 bridgehead atoms. The molecular weight excluding hydrogens is 365 g/mol. The minimum atomic E-state index is 0.00266. The Hall–Kier alpha value is -1.94. The molecule has 122 valence electrons. The fraction of sp³-hybridized carbons (Fsp3) is 0.188. The van der Waals surface area contributed by atoms with Gasteiger partial charge in [0.25, 0.3) is 0 Å². The van der Waals surface area contributed by atoms with Crippen molar-refractivity contribution in [2.24, 2.45) is 0 Å². The normalized spacial score (nSPS) is 12.2. The largest absolute Gasteiger partial charge is 0.382 e. The van der Waals surface area contributed by atoms with Crippen molar-refractivity contribution < 1.29 is 0 Å². The van der Waals surface area contributed by atoms with E-state index in [2.05, 4.69) is 20.9 Å². The summed E-state index contributed by atoms with van der Waals surface area (Å²) in [5.41, 5.74) is 7.14. The van der Waals surface area contributed by atoms with Gasteiger partial charge in [-0.05, 0) is 36.9 Å². The third kappa shape index (κ3) is 3.16. The van der Waals surface area contributed by atoms with Crippen molar-refractivity contribution >= 4 is 51.9 Å². The van der Waals surface area contributed by atoms with E-state index in [4.69, 9.17) is 35.4 Å². The number of aromatic nitrogens is 4. The standard InChI is InChI=1S/C16H13Cl2N5S/c1-3-4-9(2)23-15-13(14(19)20-8-21-15)22-16(23)24-12-6-5-10(17)7-11(12)18/h1,5-9H,4H2,2H3,(H2,19,20,21). The van der Waals surface area contributed by atoms with Crippen molar-refractivity contribution in [1.82, 2.24) is 19.5 Å². The molecule has 0 fully saturated rings. The summed E-state index contributed by atoms with van der Waals surface area (Å²) >= 11 is 13.6. The molecule has 0 aliphatic heterocycles. The molecule has 0 aliphatic rings. The third-order valence-electron chi connectivity index (χ3n) is 3.42. The van der Waals surface area contributed by atoms with Crippen LogP contribution in [0.5, 0.6) is 0 Å². The number of rotatable bonds is 4. The first-order valence-electron chi connectivity index (χ1n) is 7.06. The van der Waals surface area contributed by atoms with Crippen LogP contribution in [-0.4, -0.2) is 19.5 Å². The average Bonchev–Trinajstić information content (AvgIpc) is 2.90. The van der Waals surface area contributed by atoms with E-state index in [1.807, 2.05) is 17.6 Å². The van der Waals surface area contributed by atoms with Gasteiger partial charge in [0.2, 0.25) is 0 Å². The zero-order valence-corrected chi connectivity index (χ0v) is 15.0. The SMILES string of the molecule is C#CCC(C)n1c(Sc2ccc(Cl)cc2Cl)nc2c(N)ncnc21. The van der Waals surface area contributed by atoms with E-state index >= 15 is 0 Å². The summed E-state index contributed by atoms with van der Waals surface area (Å²) in [6, 6.07) is 5.32. The molecule has 0 radical (unpaired) electrons. The molecule has 5 nitrogen and oxygen atoms in total. The van der Waals surface area contributed by atoms with Crippen molar-refractivity contribution in [3.63, 3.8) is 0 Å². The number of halogens is 2. The van der Waals surface area contributed by atoms with Gasteiger partial charge in [-0.1, -0.05) is 23.2 Å². The first-order valence-corrected chi connectivity index (χ1v) is 8.63. The molecule has 0 saturated heterocycles. The number of hydrogen-bond acceptors (Lipinski definition) is 5. The van der Waals surface area contributed by atoms with Gasteiger partial charge in [0.1, 0.15) is 6.33 Å². The number of imidazole rings is 1. The Bertz CT molecular complexity index is 948. The number of anilines is 1. The Morgan fingerprint density at radius 1 is 1.38 bits per heavy atom. The minimum Gasteiger partial charge on any atom is -0.382 e. The maximum Gasteiger partial charge on any atom is 0.175 e. The van der Waals surface area contributed by atoms with Crippen LogP contribution in [0.1, 0.15) is 19.4 Å². The molecule has 1 atom stereocenters. The highest BCUT2D eigenvalue weighted by Crippen LogP contribution is 2.37. The van der Waals surface area contributed by atoms with Gasteiger partial charge in [0, 0.05) is 22.4 Å². The highest BCUT2D eigenvalue weighted by Gasteiger charge is 2.20. The monoisotopic (exact) mass is 377 g/mol. The number of benzene rings is 1. The van der Waals surface area contributed by atoms with Crippen LogP contribution >= 0.6 is 35.0 Å². The summed E-state index contributed by atoms with van der Waals surface area (Å²) in [6.45, 7) is 2.01. The molecule has 8 heteroatoms. The van der Waals surface area contributed by atoms with Gasteiger partial charge in [-0.15, -0.1) is 12.3 Å². The first kappa shape index (κ1) is 16.9. The van der Waals surface area contributed by atoms with E-state index in [1.54, 1.807) is 12.1 Å². The molecule has 0 saturated carbocycles. The minimum absolute atomic E-state index is 0.00266. The Morgan fingerprint density at radius 2 is 2.17 bits per heavy atom. The first-order chi connectivity index (χ1) is 11.5. The Balaban J connectivity index is 2.14. The maximum absolute atomic E-state index is 6.28. The Labute approximate surface area is 153 Å². The molecule has 3 aromatic rings. The second-order valence-corrected chi connectivity index (χ2v) is 6.98. The van der Waals surface area contributed by atoms with Gasteiger partial charge in [-0.2, -0.15) is 0 Å². The second-order valence-electron chi connectivity index (χ2n) is 5.13. The number of hydrogen-bond donors (Lipinski definition) is 1. The number of nitrogens with two attached hydrogens (primary N) is 1. The van der Waals surface area contributed by atoms with E-state index in [9.17, 15) is 0 Å². The molecule has 2 N–H and O–H groups in total. The molecule has 1 unspecified atom stereocenters. The van der Waals surface area contributed by atoms with E-state index in [0.29, 0.717) is 38.6 Å². The summed E-state index contributed by atoms with van der Waals surface area (Å²) in [5.74, 6) is 3.00. The molecule has 0 amide bonds. The summed E-state index contributed by atoms with van der Waals surface area (Å²) in [6.07, 6.45) is 7.43. The second kappa shape index (κ2) is 6.89. The van der Waals surface area contributed by atoms with Crippen LogP contribution in [0.2, 0.25) is 10.0 Å². The quantitative estimate of drug-likeness (QED) is 0.680. The summed E-state index contributed by atoms with van der Waals surface area (Å²) < 4.78 is 1.96. The zero-order chi connectivity index (χ0) is 17.3. The van der Waals surface area contributed by atoms with Crippen LogP contribution < -0.4 is 5.73 Å². The molecule has 2 aromatic heterocycles. The average molecular weight is 378 g/mol. The van der Waals surface area contributed by atoms with Crippen LogP contribution in [0.3, 0.4) is 0 Å². The smallest absolute Gasteiger partial charge is 0.175 e. The summed E-state index contributed by atoms with van der Waals surface area (Å²) in [7, 11) is 0. The molecule has 2 heterocycles. The molecule has 24 heavy (non-hydrogen) atoms. The van der Waals surface area contributed by atoms with Crippen molar-refractivity contribution in [2.75, 3.05) is 5.73 Å². The molecule has 0 aliphatic carbocycles. The van der Waals surface area contributed by atoms with E-state index in [-0.39, 0.29) is 6.04 Å². The summed E-state index contributed by atoms with van der Waals surface area (Å²) in [4.78, 5) is 13.7. The number of nitrogens with zero attached hydrogens (tertiary/aromatic N) is 4. The number of nitrogen functional groups attached to an aromatic ring is 1. The highest BCUT2D eigenvalue weighted by molar-refractivity contribution is 7.99. The van der Waals surface area contributed by atoms with E-state index in [1.165, 1.54) is 18.1 Å². The third-order valence-corrected chi connectivity index (χ3v) is 5.13. The van der Waals surface area contributed by atoms with Gasteiger partial charge in [-0.25, -0.2) is 15.0 Å². The van der Waals surface area contributed by atoms with Crippen LogP contribution in [0.25, 0.3) is 11.2 Å². The Morgan fingerprint density at radius 3 is 2.88 bits per heavy atom. The van der Waals surface area contributed by atoms with Gasteiger partial charge in [-0.3, -0.25) is 4.57 Å². The highest BCUT2D eigenvalue weighted by atomic mass is 35.5.